The van der Waals surface area contributed by atoms with Gasteiger partial charge in [0.25, 0.3) is 0 Å². The number of likely N-dealkylation sites (tertiary alicyclic amines) is 1. The van der Waals surface area contributed by atoms with E-state index in [1.807, 2.05) is 11.7 Å². The summed E-state index contributed by atoms with van der Waals surface area (Å²) in [5.41, 5.74) is 1.93. The lowest BCUT2D eigenvalue weighted by Gasteiger charge is -2.49. The van der Waals surface area contributed by atoms with Gasteiger partial charge in [0.2, 0.25) is 0 Å². The summed E-state index contributed by atoms with van der Waals surface area (Å²) >= 11 is 1.77. The maximum atomic E-state index is 5.53. The molecule has 4 nitrogen and oxygen atoms in total. The summed E-state index contributed by atoms with van der Waals surface area (Å²) in [5.74, 6) is 0.739. The fraction of sp³-hybridized carbons (Fsp3) is 0.812. The van der Waals surface area contributed by atoms with Crippen LogP contribution >= 0.6 is 11.3 Å². The molecule has 0 unspecified atom stereocenters. The molecule has 0 spiro atoms. The van der Waals surface area contributed by atoms with Crippen LogP contribution in [0.5, 0.6) is 0 Å². The Labute approximate surface area is 132 Å². The van der Waals surface area contributed by atoms with E-state index < -0.39 is 0 Å². The number of hydrogen-bond donors (Lipinski definition) is 0. The normalized spacial score (nSPS) is 22.1. The number of rotatable bonds is 6. The fourth-order valence-corrected chi connectivity index (χ4v) is 4.09. The van der Waals surface area contributed by atoms with Crippen LogP contribution in [-0.2, 0) is 11.3 Å². The third-order valence-corrected chi connectivity index (χ3v) is 5.27. The van der Waals surface area contributed by atoms with Crippen molar-refractivity contribution in [3.8, 4) is 0 Å². The maximum Gasteiger partial charge on any atom is 0.0794 e. The highest BCUT2D eigenvalue weighted by atomic mass is 32.1. The average molecular weight is 309 g/mol. The van der Waals surface area contributed by atoms with Gasteiger partial charge in [0, 0.05) is 62.6 Å². The average Bonchev–Trinajstić information content (AvgIpc) is 2.94. The van der Waals surface area contributed by atoms with E-state index in [-0.39, 0.29) is 0 Å². The summed E-state index contributed by atoms with van der Waals surface area (Å²) in [5, 5.41) is 0. The third kappa shape index (κ3) is 4.03. The molecule has 1 aromatic heterocycles. The van der Waals surface area contributed by atoms with E-state index in [0.717, 1.165) is 37.8 Å². The predicted octanol–water partition coefficient (Wildman–Crippen LogP) is 2.46. The molecule has 0 N–H and O–H groups in total. The van der Waals surface area contributed by atoms with Crippen LogP contribution < -0.4 is 0 Å². The third-order valence-electron chi connectivity index (χ3n) is 4.51. The molecule has 2 saturated heterocycles. The molecule has 0 aromatic carbocycles. The predicted molar refractivity (Wildman–Crippen MR) is 86.6 cm³/mol. The zero-order valence-electron chi connectivity index (χ0n) is 13.2. The van der Waals surface area contributed by atoms with Crippen LogP contribution in [0.2, 0.25) is 0 Å². The van der Waals surface area contributed by atoms with Crippen LogP contribution in [-0.4, -0.2) is 59.7 Å². The second-order valence-corrected chi connectivity index (χ2v) is 7.72. The number of thiazole rings is 1. The molecule has 0 saturated carbocycles. The van der Waals surface area contributed by atoms with Crippen LogP contribution in [0.4, 0.5) is 0 Å². The first-order chi connectivity index (χ1) is 10.2. The Balaban J connectivity index is 1.52. The molecular formula is C16H27N3OS. The fourth-order valence-electron chi connectivity index (χ4n) is 3.46. The highest BCUT2D eigenvalue weighted by Gasteiger charge is 2.36. The summed E-state index contributed by atoms with van der Waals surface area (Å²) in [6.45, 7) is 11.3. The van der Waals surface area contributed by atoms with E-state index in [1.54, 1.807) is 11.3 Å². The summed E-state index contributed by atoms with van der Waals surface area (Å²) in [7, 11) is 0. The molecule has 0 radical (unpaired) electrons. The van der Waals surface area contributed by atoms with Gasteiger partial charge >= 0.3 is 0 Å². The van der Waals surface area contributed by atoms with Crippen molar-refractivity contribution < 1.29 is 4.74 Å². The molecule has 2 aliphatic heterocycles. The van der Waals surface area contributed by atoms with Crippen molar-refractivity contribution >= 4 is 11.3 Å². The Hall–Kier alpha value is -0.490. The molecule has 0 atom stereocenters. The maximum absolute atomic E-state index is 5.53. The molecule has 0 aliphatic carbocycles. The van der Waals surface area contributed by atoms with Gasteiger partial charge in [-0.15, -0.1) is 11.3 Å². The summed E-state index contributed by atoms with van der Waals surface area (Å²) in [4.78, 5) is 10.9. The minimum Gasteiger partial charge on any atom is -0.381 e. The molecule has 0 amide bonds. The van der Waals surface area contributed by atoms with E-state index in [0.29, 0.717) is 0 Å². The Kier molecular flexibility index (Phi) is 5.27. The Morgan fingerprint density at radius 3 is 2.71 bits per heavy atom. The van der Waals surface area contributed by atoms with Crippen molar-refractivity contribution in [1.29, 1.82) is 0 Å². The van der Waals surface area contributed by atoms with Crippen LogP contribution in [0.15, 0.2) is 11.7 Å². The van der Waals surface area contributed by atoms with E-state index >= 15 is 0 Å². The number of ether oxygens (including phenoxy) is 1. The van der Waals surface area contributed by atoms with Crippen molar-refractivity contribution in [3.63, 3.8) is 0 Å². The molecule has 0 bridgehead atoms. The molecule has 2 fully saturated rings. The van der Waals surface area contributed by atoms with Gasteiger partial charge in [-0.05, 0) is 18.8 Å². The molecule has 2 aliphatic rings. The van der Waals surface area contributed by atoms with Gasteiger partial charge in [-0.2, -0.15) is 0 Å². The quantitative estimate of drug-likeness (QED) is 0.807. The van der Waals surface area contributed by atoms with E-state index in [4.69, 9.17) is 4.74 Å². The van der Waals surface area contributed by atoms with E-state index in [9.17, 15) is 0 Å². The lowest BCUT2D eigenvalue weighted by molar-refractivity contribution is -0.0381. The molecule has 21 heavy (non-hydrogen) atoms. The van der Waals surface area contributed by atoms with E-state index in [1.165, 1.54) is 37.4 Å². The van der Waals surface area contributed by atoms with Crippen molar-refractivity contribution in [2.24, 2.45) is 5.92 Å². The van der Waals surface area contributed by atoms with E-state index in [2.05, 4.69) is 28.6 Å². The summed E-state index contributed by atoms with van der Waals surface area (Å²) in [6, 6.07) is 1.47. The smallest absolute Gasteiger partial charge is 0.0794 e. The monoisotopic (exact) mass is 309 g/mol. The van der Waals surface area contributed by atoms with Crippen molar-refractivity contribution in [1.82, 2.24) is 14.8 Å². The largest absolute Gasteiger partial charge is 0.381 e. The van der Waals surface area contributed by atoms with Gasteiger partial charge in [0.05, 0.1) is 5.51 Å². The first-order valence-corrected chi connectivity index (χ1v) is 9.03. The van der Waals surface area contributed by atoms with Gasteiger partial charge in [0.15, 0.2) is 0 Å². The van der Waals surface area contributed by atoms with Crippen molar-refractivity contribution in [2.75, 3.05) is 32.8 Å². The highest BCUT2D eigenvalue weighted by Crippen LogP contribution is 2.25. The molecule has 1 aromatic rings. The standard InChI is InChI=1S/C16H27N3OS/c1-13(2)8-19(14-3-5-20-6-4-14)15-9-18(10-15)11-16-7-17-12-21-16/h7,12-15H,3-6,8-11H2,1-2H3. The van der Waals surface area contributed by atoms with Gasteiger partial charge < -0.3 is 4.74 Å². The Bertz CT molecular complexity index is 411. The minimum absolute atomic E-state index is 0.733. The highest BCUT2D eigenvalue weighted by molar-refractivity contribution is 7.09. The second kappa shape index (κ2) is 7.18. The molecular weight excluding hydrogens is 282 g/mol. The zero-order chi connectivity index (χ0) is 14.7. The lowest BCUT2D eigenvalue weighted by Crippen LogP contribution is -2.62. The molecule has 5 heteroatoms. The molecule has 3 heterocycles. The van der Waals surface area contributed by atoms with Crippen LogP contribution in [0.3, 0.4) is 0 Å². The van der Waals surface area contributed by atoms with Gasteiger partial charge in [-0.3, -0.25) is 14.8 Å². The second-order valence-electron chi connectivity index (χ2n) is 6.75. The topological polar surface area (TPSA) is 28.6 Å². The SMILES string of the molecule is CC(C)CN(C1CCOCC1)C1CN(Cc2cncs2)C1. The molecule has 118 valence electrons. The molecule has 3 rings (SSSR count). The first kappa shape index (κ1) is 15.4. The van der Waals surface area contributed by atoms with Gasteiger partial charge in [0.1, 0.15) is 0 Å². The Morgan fingerprint density at radius 1 is 1.33 bits per heavy atom. The summed E-state index contributed by atoms with van der Waals surface area (Å²) < 4.78 is 5.53. The van der Waals surface area contributed by atoms with Crippen molar-refractivity contribution in [3.05, 3.63) is 16.6 Å². The van der Waals surface area contributed by atoms with Gasteiger partial charge in [-0.25, -0.2) is 0 Å². The number of aromatic nitrogens is 1. The van der Waals surface area contributed by atoms with Gasteiger partial charge in [-0.1, -0.05) is 13.8 Å². The minimum atomic E-state index is 0.733. The number of nitrogens with zero attached hydrogens (tertiary/aromatic N) is 3. The van der Waals surface area contributed by atoms with Crippen LogP contribution in [0.1, 0.15) is 31.6 Å². The number of hydrogen-bond acceptors (Lipinski definition) is 5. The lowest BCUT2D eigenvalue weighted by atomic mass is 9.98. The van der Waals surface area contributed by atoms with Crippen LogP contribution in [0, 0.1) is 5.92 Å². The van der Waals surface area contributed by atoms with Crippen molar-refractivity contribution in [2.45, 2.75) is 45.3 Å². The van der Waals surface area contributed by atoms with Crippen LogP contribution in [0.25, 0.3) is 0 Å². The first-order valence-electron chi connectivity index (χ1n) is 8.15. The Morgan fingerprint density at radius 2 is 2.10 bits per heavy atom. The zero-order valence-corrected chi connectivity index (χ0v) is 14.0. The summed E-state index contributed by atoms with van der Waals surface area (Å²) in [6.07, 6.45) is 4.42.